The van der Waals surface area contributed by atoms with Gasteiger partial charge in [-0.05, 0) is 29.0 Å². The highest BCUT2D eigenvalue weighted by molar-refractivity contribution is 5.40. The summed E-state index contributed by atoms with van der Waals surface area (Å²) in [6.45, 7) is 6.18. The number of hydrogen-bond donors (Lipinski definition) is 2. The van der Waals surface area contributed by atoms with E-state index >= 15 is 0 Å². The third-order valence-electron chi connectivity index (χ3n) is 3.02. The molecule has 0 spiro atoms. The zero-order chi connectivity index (χ0) is 14.0. The standard InChI is InChI=1S/C14H19N3O2/c1-14(2,3)10-6-9(4-5-12(10)18)7-11(15)13-16-8-17-19-13/h4-6,8,11,18H,7,15H2,1-3H3. The van der Waals surface area contributed by atoms with E-state index in [1.165, 1.54) is 6.33 Å². The van der Waals surface area contributed by atoms with Crippen LogP contribution in [0, 0.1) is 0 Å². The summed E-state index contributed by atoms with van der Waals surface area (Å²) in [6.07, 6.45) is 1.93. The molecule has 0 aliphatic heterocycles. The number of nitrogens with zero attached hydrogens (tertiary/aromatic N) is 2. The van der Waals surface area contributed by atoms with Crippen LogP contribution < -0.4 is 5.73 Å². The maximum Gasteiger partial charge on any atom is 0.243 e. The summed E-state index contributed by atoms with van der Waals surface area (Å²) in [5.74, 6) is 0.730. The lowest BCUT2D eigenvalue weighted by Gasteiger charge is -2.21. The van der Waals surface area contributed by atoms with Crippen LogP contribution in [0.4, 0.5) is 0 Å². The van der Waals surface area contributed by atoms with Gasteiger partial charge in [-0.2, -0.15) is 4.98 Å². The van der Waals surface area contributed by atoms with Crippen LogP contribution >= 0.6 is 0 Å². The van der Waals surface area contributed by atoms with Crippen molar-refractivity contribution >= 4 is 0 Å². The zero-order valence-corrected chi connectivity index (χ0v) is 11.4. The number of nitrogens with two attached hydrogens (primary N) is 1. The molecule has 2 rings (SSSR count). The summed E-state index contributed by atoms with van der Waals surface area (Å²) in [5.41, 5.74) is 7.83. The quantitative estimate of drug-likeness (QED) is 0.885. The molecule has 0 saturated carbocycles. The molecular formula is C14H19N3O2. The molecule has 102 valence electrons. The first-order valence-electron chi connectivity index (χ1n) is 6.22. The highest BCUT2D eigenvalue weighted by atomic mass is 16.5. The second kappa shape index (κ2) is 5.01. The van der Waals surface area contributed by atoms with E-state index in [0.29, 0.717) is 18.1 Å². The molecule has 0 bridgehead atoms. The lowest BCUT2D eigenvalue weighted by Crippen LogP contribution is -2.15. The average molecular weight is 261 g/mol. The molecule has 1 atom stereocenters. The molecule has 1 aromatic heterocycles. The van der Waals surface area contributed by atoms with Crippen LogP contribution in [0.15, 0.2) is 29.0 Å². The molecule has 1 heterocycles. The number of rotatable bonds is 3. The molecular weight excluding hydrogens is 242 g/mol. The van der Waals surface area contributed by atoms with Gasteiger partial charge in [0.05, 0.1) is 6.04 Å². The fourth-order valence-electron chi connectivity index (χ4n) is 2.00. The zero-order valence-electron chi connectivity index (χ0n) is 11.4. The van der Waals surface area contributed by atoms with Gasteiger partial charge in [0.25, 0.3) is 0 Å². The van der Waals surface area contributed by atoms with Gasteiger partial charge < -0.3 is 15.4 Å². The Labute approximate surface area is 112 Å². The number of aromatic nitrogens is 2. The number of aromatic hydroxyl groups is 1. The van der Waals surface area contributed by atoms with Crippen molar-refractivity contribution in [1.29, 1.82) is 0 Å². The maximum absolute atomic E-state index is 9.92. The van der Waals surface area contributed by atoms with Crippen molar-refractivity contribution in [2.24, 2.45) is 5.73 Å². The molecule has 0 radical (unpaired) electrons. The van der Waals surface area contributed by atoms with E-state index in [9.17, 15) is 5.11 Å². The number of phenolic OH excluding ortho intramolecular Hbond substituents is 1. The van der Waals surface area contributed by atoms with E-state index in [1.807, 2.05) is 12.1 Å². The summed E-state index contributed by atoms with van der Waals surface area (Å²) in [6, 6.07) is 5.21. The second-order valence-electron chi connectivity index (χ2n) is 5.69. The van der Waals surface area contributed by atoms with Gasteiger partial charge in [0.2, 0.25) is 5.89 Å². The molecule has 5 nitrogen and oxygen atoms in total. The molecule has 0 aliphatic rings. The largest absolute Gasteiger partial charge is 0.508 e. The van der Waals surface area contributed by atoms with Gasteiger partial charge >= 0.3 is 0 Å². The Balaban J connectivity index is 2.22. The SMILES string of the molecule is CC(C)(C)c1cc(CC(N)c2ncno2)ccc1O. The molecule has 0 amide bonds. The molecule has 19 heavy (non-hydrogen) atoms. The van der Waals surface area contributed by atoms with Gasteiger partial charge in [0.1, 0.15) is 5.75 Å². The van der Waals surface area contributed by atoms with E-state index in [1.54, 1.807) is 6.07 Å². The first-order chi connectivity index (χ1) is 8.88. The minimum absolute atomic E-state index is 0.116. The highest BCUT2D eigenvalue weighted by Gasteiger charge is 2.20. The maximum atomic E-state index is 9.92. The van der Waals surface area contributed by atoms with Crippen molar-refractivity contribution < 1.29 is 9.63 Å². The summed E-state index contributed by atoms with van der Waals surface area (Å²) in [4.78, 5) is 3.95. The van der Waals surface area contributed by atoms with E-state index in [4.69, 9.17) is 10.3 Å². The second-order valence-corrected chi connectivity index (χ2v) is 5.69. The average Bonchev–Trinajstić information content (AvgIpc) is 2.83. The monoisotopic (exact) mass is 261 g/mol. The van der Waals surface area contributed by atoms with Crippen LogP contribution in [0.2, 0.25) is 0 Å². The Hall–Kier alpha value is -1.88. The molecule has 0 fully saturated rings. The topological polar surface area (TPSA) is 85.2 Å². The van der Waals surface area contributed by atoms with E-state index in [-0.39, 0.29) is 11.5 Å². The Morgan fingerprint density at radius 2 is 2.11 bits per heavy atom. The fourth-order valence-corrected chi connectivity index (χ4v) is 2.00. The predicted molar refractivity (Wildman–Crippen MR) is 71.7 cm³/mol. The molecule has 0 aliphatic carbocycles. The first kappa shape index (κ1) is 13.5. The molecule has 2 aromatic rings. The molecule has 3 N–H and O–H groups in total. The fraction of sp³-hybridized carbons (Fsp3) is 0.429. The smallest absolute Gasteiger partial charge is 0.243 e. The number of benzene rings is 1. The van der Waals surface area contributed by atoms with Crippen LogP contribution in [0.3, 0.4) is 0 Å². The Kier molecular flexibility index (Phi) is 3.57. The lowest BCUT2D eigenvalue weighted by molar-refractivity contribution is 0.353. The van der Waals surface area contributed by atoms with Gasteiger partial charge in [0.15, 0.2) is 6.33 Å². The van der Waals surface area contributed by atoms with E-state index < -0.39 is 0 Å². The van der Waals surface area contributed by atoms with Crippen LogP contribution in [0.25, 0.3) is 0 Å². The van der Waals surface area contributed by atoms with Crippen LogP contribution in [-0.2, 0) is 11.8 Å². The minimum Gasteiger partial charge on any atom is -0.508 e. The van der Waals surface area contributed by atoms with Crippen molar-refractivity contribution in [3.05, 3.63) is 41.5 Å². The highest BCUT2D eigenvalue weighted by Crippen LogP contribution is 2.31. The summed E-state index contributed by atoms with van der Waals surface area (Å²) in [5, 5.41) is 13.5. The van der Waals surface area contributed by atoms with Crippen molar-refractivity contribution in [2.45, 2.75) is 38.6 Å². The van der Waals surface area contributed by atoms with Gasteiger partial charge in [-0.3, -0.25) is 0 Å². The van der Waals surface area contributed by atoms with Gasteiger partial charge in [-0.25, -0.2) is 0 Å². The van der Waals surface area contributed by atoms with Gasteiger partial charge in [-0.15, -0.1) is 0 Å². The van der Waals surface area contributed by atoms with Crippen molar-refractivity contribution in [3.63, 3.8) is 0 Å². The predicted octanol–water partition coefficient (Wildman–Crippen LogP) is 2.32. The van der Waals surface area contributed by atoms with Crippen molar-refractivity contribution in [3.8, 4) is 5.75 Å². The summed E-state index contributed by atoms with van der Waals surface area (Å²) >= 11 is 0. The van der Waals surface area contributed by atoms with Crippen LogP contribution in [-0.4, -0.2) is 15.2 Å². The molecule has 5 heteroatoms. The minimum atomic E-state index is -0.333. The normalized spacial score (nSPS) is 13.5. The molecule has 0 saturated heterocycles. The third kappa shape index (κ3) is 3.12. The third-order valence-corrected chi connectivity index (χ3v) is 3.02. The van der Waals surface area contributed by atoms with E-state index in [2.05, 4.69) is 30.9 Å². The lowest BCUT2D eigenvalue weighted by atomic mass is 9.85. The number of hydrogen-bond acceptors (Lipinski definition) is 5. The Morgan fingerprint density at radius 3 is 2.68 bits per heavy atom. The van der Waals surface area contributed by atoms with Crippen LogP contribution in [0.1, 0.15) is 43.8 Å². The molecule has 1 aromatic carbocycles. The Bertz CT molecular complexity index is 544. The summed E-state index contributed by atoms with van der Waals surface area (Å²) in [7, 11) is 0. The number of phenols is 1. The summed E-state index contributed by atoms with van der Waals surface area (Å²) < 4.78 is 4.95. The first-order valence-corrected chi connectivity index (χ1v) is 6.22. The van der Waals surface area contributed by atoms with Gasteiger partial charge in [0, 0.05) is 0 Å². The van der Waals surface area contributed by atoms with Crippen molar-refractivity contribution in [1.82, 2.24) is 10.1 Å². The van der Waals surface area contributed by atoms with Crippen LogP contribution in [0.5, 0.6) is 5.75 Å². The van der Waals surface area contributed by atoms with Crippen molar-refractivity contribution in [2.75, 3.05) is 0 Å². The van der Waals surface area contributed by atoms with Gasteiger partial charge in [-0.1, -0.05) is 38.1 Å². The Morgan fingerprint density at radius 1 is 1.37 bits per heavy atom. The van der Waals surface area contributed by atoms with E-state index in [0.717, 1.165) is 11.1 Å². The molecule has 1 unspecified atom stereocenters.